The first kappa shape index (κ1) is 16.9. The summed E-state index contributed by atoms with van der Waals surface area (Å²) in [7, 11) is 0. The zero-order valence-corrected chi connectivity index (χ0v) is 12.1. The van der Waals surface area contributed by atoms with E-state index in [2.05, 4.69) is 17.0 Å². The van der Waals surface area contributed by atoms with Gasteiger partial charge in [0.25, 0.3) is 0 Å². The SMILES string of the molecule is Cl.Cl.NCc1ccc(N2CCCCC2)c(Cl)c1. The van der Waals surface area contributed by atoms with Gasteiger partial charge < -0.3 is 10.6 Å². The van der Waals surface area contributed by atoms with E-state index in [1.165, 1.54) is 19.3 Å². The first-order chi connectivity index (χ1) is 7.31. The minimum Gasteiger partial charge on any atom is -0.370 e. The molecule has 2 nitrogen and oxygen atoms in total. The van der Waals surface area contributed by atoms with Crippen molar-refractivity contribution in [3.05, 3.63) is 28.8 Å². The largest absolute Gasteiger partial charge is 0.370 e. The summed E-state index contributed by atoms with van der Waals surface area (Å²) in [6, 6.07) is 6.14. The Morgan fingerprint density at radius 2 is 1.76 bits per heavy atom. The number of hydrogen-bond donors (Lipinski definition) is 1. The van der Waals surface area contributed by atoms with Gasteiger partial charge in [-0.25, -0.2) is 0 Å². The van der Waals surface area contributed by atoms with Crippen LogP contribution in [0.5, 0.6) is 0 Å². The molecule has 0 bridgehead atoms. The number of nitrogens with two attached hydrogens (primary N) is 1. The van der Waals surface area contributed by atoms with Crippen LogP contribution in [0.25, 0.3) is 0 Å². The van der Waals surface area contributed by atoms with Crippen molar-refractivity contribution in [2.24, 2.45) is 5.73 Å². The van der Waals surface area contributed by atoms with Crippen LogP contribution < -0.4 is 10.6 Å². The van der Waals surface area contributed by atoms with Gasteiger partial charge in [-0.1, -0.05) is 17.7 Å². The molecule has 5 heteroatoms. The van der Waals surface area contributed by atoms with Gasteiger partial charge in [0.1, 0.15) is 0 Å². The van der Waals surface area contributed by atoms with E-state index in [0.717, 1.165) is 29.4 Å². The summed E-state index contributed by atoms with van der Waals surface area (Å²) in [5, 5.41) is 0.833. The molecule has 0 aliphatic carbocycles. The molecule has 1 aliphatic heterocycles. The van der Waals surface area contributed by atoms with Crippen molar-refractivity contribution < 1.29 is 0 Å². The lowest BCUT2D eigenvalue weighted by Crippen LogP contribution is -2.29. The number of nitrogens with zero attached hydrogens (tertiary/aromatic N) is 1. The van der Waals surface area contributed by atoms with Gasteiger partial charge in [-0.2, -0.15) is 0 Å². The Morgan fingerprint density at radius 3 is 2.29 bits per heavy atom. The second-order valence-corrected chi connectivity index (χ2v) is 4.44. The predicted molar refractivity (Wildman–Crippen MR) is 79.9 cm³/mol. The fraction of sp³-hybridized carbons (Fsp3) is 0.500. The predicted octanol–water partition coefficient (Wildman–Crippen LogP) is 3.63. The molecule has 0 amide bonds. The number of piperidine rings is 1. The number of halogens is 3. The number of anilines is 1. The molecule has 2 N–H and O–H groups in total. The molecular weight excluding hydrogens is 279 g/mol. The molecule has 0 saturated carbocycles. The maximum absolute atomic E-state index is 6.24. The zero-order chi connectivity index (χ0) is 10.7. The molecule has 1 aromatic carbocycles. The number of benzene rings is 1. The molecule has 1 aromatic rings. The van der Waals surface area contributed by atoms with Gasteiger partial charge in [-0.3, -0.25) is 0 Å². The molecule has 1 fully saturated rings. The molecule has 98 valence electrons. The van der Waals surface area contributed by atoms with Crippen LogP contribution in [0.1, 0.15) is 24.8 Å². The van der Waals surface area contributed by atoms with E-state index in [-0.39, 0.29) is 24.8 Å². The maximum atomic E-state index is 6.24. The highest BCUT2D eigenvalue weighted by molar-refractivity contribution is 6.33. The van der Waals surface area contributed by atoms with E-state index in [1.54, 1.807) is 0 Å². The summed E-state index contributed by atoms with van der Waals surface area (Å²) in [5.74, 6) is 0. The van der Waals surface area contributed by atoms with E-state index >= 15 is 0 Å². The average molecular weight is 298 g/mol. The molecule has 0 radical (unpaired) electrons. The summed E-state index contributed by atoms with van der Waals surface area (Å²) in [6.07, 6.45) is 3.89. The van der Waals surface area contributed by atoms with Gasteiger partial charge in [-0.05, 0) is 37.0 Å². The van der Waals surface area contributed by atoms with Crippen LogP contribution in [-0.4, -0.2) is 13.1 Å². The van der Waals surface area contributed by atoms with Gasteiger partial charge in [0.05, 0.1) is 10.7 Å². The van der Waals surface area contributed by atoms with Gasteiger partial charge >= 0.3 is 0 Å². The molecule has 1 heterocycles. The van der Waals surface area contributed by atoms with Crippen LogP contribution in [0.15, 0.2) is 18.2 Å². The monoisotopic (exact) mass is 296 g/mol. The first-order valence-corrected chi connectivity index (χ1v) is 5.92. The lowest BCUT2D eigenvalue weighted by Gasteiger charge is -2.29. The van der Waals surface area contributed by atoms with Crippen molar-refractivity contribution in [1.29, 1.82) is 0 Å². The highest BCUT2D eigenvalue weighted by atomic mass is 35.5. The second kappa shape index (κ2) is 8.04. The van der Waals surface area contributed by atoms with Crippen molar-refractivity contribution in [2.45, 2.75) is 25.8 Å². The normalized spacial score (nSPS) is 14.8. The van der Waals surface area contributed by atoms with E-state index in [1.807, 2.05) is 6.07 Å². The number of hydrogen-bond acceptors (Lipinski definition) is 2. The molecule has 1 aliphatic rings. The van der Waals surface area contributed by atoms with E-state index in [0.29, 0.717) is 6.54 Å². The van der Waals surface area contributed by atoms with E-state index in [9.17, 15) is 0 Å². The summed E-state index contributed by atoms with van der Waals surface area (Å²) >= 11 is 6.24. The Hall–Kier alpha value is -0.150. The fourth-order valence-electron chi connectivity index (χ4n) is 2.07. The van der Waals surface area contributed by atoms with Crippen LogP contribution in [0.3, 0.4) is 0 Å². The lowest BCUT2D eigenvalue weighted by atomic mass is 10.1. The van der Waals surface area contributed by atoms with Gasteiger partial charge in [0, 0.05) is 19.6 Å². The molecule has 1 saturated heterocycles. The van der Waals surface area contributed by atoms with Gasteiger partial charge in [-0.15, -0.1) is 24.8 Å². The van der Waals surface area contributed by atoms with Crippen molar-refractivity contribution in [2.75, 3.05) is 18.0 Å². The van der Waals surface area contributed by atoms with Crippen LogP contribution in [0.2, 0.25) is 5.02 Å². The van der Waals surface area contributed by atoms with Crippen molar-refractivity contribution >= 4 is 42.1 Å². The zero-order valence-electron chi connectivity index (χ0n) is 9.69. The molecule has 0 aromatic heterocycles. The molecule has 0 unspecified atom stereocenters. The molecular formula is C12H19Cl3N2. The highest BCUT2D eigenvalue weighted by Crippen LogP contribution is 2.28. The fourth-order valence-corrected chi connectivity index (χ4v) is 2.39. The molecule has 2 rings (SSSR count). The van der Waals surface area contributed by atoms with E-state index in [4.69, 9.17) is 17.3 Å². The lowest BCUT2D eigenvalue weighted by molar-refractivity contribution is 0.578. The highest BCUT2D eigenvalue weighted by Gasteiger charge is 2.13. The Bertz CT molecular complexity index is 339. The topological polar surface area (TPSA) is 29.3 Å². The molecule has 0 spiro atoms. The molecule has 0 atom stereocenters. The summed E-state index contributed by atoms with van der Waals surface area (Å²) in [6.45, 7) is 2.81. The smallest absolute Gasteiger partial charge is 0.0642 e. The standard InChI is InChI=1S/C12H17ClN2.2ClH/c13-11-8-10(9-14)4-5-12(11)15-6-2-1-3-7-15;;/h4-5,8H,1-3,6-7,9,14H2;2*1H. The maximum Gasteiger partial charge on any atom is 0.0642 e. The Kier molecular flexibility index (Phi) is 7.97. The minimum atomic E-state index is 0. The van der Waals surface area contributed by atoms with Crippen LogP contribution in [0.4, 0.5) is 5.69 Å². The summed E-state index contributed by atoms with van der Waals surface area (Å²) < 4.78 is 0. The summed E-state index contributed by atoms with van der Waals surface area (Å²) in [4.78, 5) is 2.37. The third kappa shape index (κ3) is 4.22. The third-order valence-corrected chi connectivity index (χ3v) is 3.25. The summed E-state index contributed by atoms with van der Waals surface area (Å²) in [5.41, 5.74) is 7.83. The van der Waals surface area contributed by atoms with Gasteiger partial charge in [0.2, 0.25) is 0 Å². The van der Waals surface area contributed by atoms with Crippen molar-refractivity contribution in [1.82, 2.24) is 0 Å². The van der Waals surface area contributed by atoms with Crippen molar-refractivity contribution in [3.63, 3.8) is 0 Å². The Morgan fingerprint density at radius 1 is 1.12 bits per heavy atom. The Labute approximate surface area is 120 Å². The third-order valence-electron chi connectivity index (χ3n) is 2.94. The quantitative estimate of drug-likeness (QED) is 0.903. The number of rotatable bonds is 2. The van der Waals surface area contributed by atoms with E-state index < -0.39 is 0 Å². The second-order valence-electron chi connectivity index (χ2n) is 4.04. The first-order valence-electron chi connectivity index (χ1n) is 5.54. The minimum absolute atomic E-state index is 0. The van der Waals surface area contributed by atoms with Crippen LogP contribution >= 0.6 is 36.4 Å². The van der Waals surface area contributed by atoms with Crippen LogP contribution in [-0.2, 0) is 6.54 Å². The van der Waals surface area contributed by atoms with Crippen LogP contribution in [0, 0.1) is 0 Å². The van der Waals surface area contributed by atoms with Gasteiger partial charge in [0.15, 0.2) is 0 Å². The average Bonchev–Trinajstić information content (AvgIpc) is 2.30. The molecule has 17 heavy (non-hydrogen) atoms. The van der Waals surface area contributed by atoms with Crippen molar-refractivity contribution in [3.8, 4) is 0 Å². The Balaban J connectivity index is 0.00000128.